The molecule has 1 saturated carbocycles. The SMILES string of the molecule is CC(C)(C)OC(=O)C1(NS(=O)(=O)c2ccc(N3CCOCC3)s2)CC1(C)c1ccccc1. The number of sulfonamides is 1. The third-order valence-corrected chi connectivity index (χ3v) is 9.19. The second-order valence-corrected chi connectivity index (χ2v) is 12.6. The number of morpholine rings is 1. The van der Waals surface area contributed by atoms with Crippen molar-refractivity contribution in [1.29, 1.82) is 0 Å². The van der Waals surface area contributed by atoms with Crippen LogP contribution in [0.3, 0.4) is 0 Å². The molecule has 1 aliphatic carbocycles. The molecule has 0 radical (unpaired) electrons. The standard InChI is InChI=1S/C23H30N2O5S2/c1-21(2,3)30-20(26)23(16-22(23,4)17-8-6-5-7-9-17)24-32(27,28)19-11-10-18(31-19)25-12-14-29-15-13-25/h5-11,24H,12-16H2,1-4H3. The van der Waals surface area contributed by atoms with Gasteiger partial charge in [-0.15, -0.1) is 11.3 Å². The van der Waals surface area contributed by atoms with E-state index < -0.39 is 32.5 Å². The Morgan fingerprint density at radius 2 is 1.78 bits per heavy atom. The number of carbonyl (C=O) groups is 1. The predicted octanol–water partition coefficient (Wildman–Crippen LogP) is 3.31. The number of anilines is 1. The van der Waals surface area contributed by atoms with Gasteiger partial charge in [-0.25, -0.2) is 13.2 Å². The van der Waals surface area contributed by atoms with Crippen molar-refractivity contribution in [2.24, 2.45) is 0 Å². The predicted molar refractivity (Wildman–Crippen MR) is 125 cm³/mol. The normalized spacial score (nSPS) is 26.1. The summed E-state index contributed by atoms with van der Waals surface area (Å²) in [4.78, 5) is 15.4. The van der Waals surface area contributed by atoms with Gasteiger partial charge in [-0.05, 0) is 44.9 Å². The molecule has 1 aromatic heterocycles. The Kier molecular flexibility index (Phi) is 5.90. The van der Waals surface area contributed by atoms with Crippen LogP contribution in [-0.2, 0) is 29.7 Å². The van der Waals surface area contributed by atoms with Gasteiger partial charge >= 0.3 is 5.97 Å². The van der Waals surface area contributed by atoms with Crippen molar-refractivity contribution in [3.8, 4) is 0 Å². The van der Waals surface area contributed by atoms with E-state index in [1.165, 1.54) is 11.3 Å². The van der Waals surface area contributed by atoms with Crippen molar-refractivity contribution in [2.75, 3.05) is 31.2 Å². The molecule has 2 aromatic rings. The van der Waals surface area contributed by atoms with Crippen molar-refractivity contribution < 1.29 is 22.7 Å². The lowest BCUT2D eigenvalue weighted by molar-refractivity contribution is -0.158. The molecule has 2 unspecified atom stereocenters. The first-order chi connectivity index (χ1) is 15.0. The van der Waals surface area contributed by atoms with Gasteiger partial charge in [0.1, 0.15) is 15.3 Å². The number of carbonyl (C=O) groups excluding carboxylic acids is 1. The minimum absolute atomic E-state index is 0.184. The topological polar surface area (TPSA) is 84.9 Å². The maximum atomic E-state index is 13.4. The zero-order valence-electron chi connectivity index (χ0n) is 18.9. The lowest BCUT2D eigenvalue weighted by Gasteiger charge is -2.28. The third-order valence-electron chi connectivity index (χ3n) is 6.06. The summed E-state index contributed by atoms with van der Waals surface area (Å²) >= 11 is 1.20. The average Bonchev–Trinajstić information content (AvgIpc) is 3.11. The van der Waals surface area contributed by atoms with Crippen molar-refractivity contribution in [3.63, 3.8) is 0 Å². The summed E-state index contributed by atoms with van der Waals surface area (Å²) in [6, 6.07) is 12.9. The number of esters is 1. The van der Waals surface area contributed by atoms with Gasteiger partial charge in [0.2, 0.25) is 0 Å². The Labute approximate surface area is 193 Å². The van der Waals surface area contributed by atoms with Crippen LogP contribution in [-0.4, -0.2) is 51.8 Å². The van der Waals surface area contributed by atoms with Gasteiger partial charge in [0, 0.05) is 18.5 Å². The summed E-state index contributed by atoms with van der Waals surface area (Å²) in [5, 5.41) is 0.876. The summed E-state index contributed by atoms with van der Waals surface area (Å²) in [6.45, 7) is 9.94. The molecule has 2 fully saturated rings. The second kappa shape index (κ2) is 8.13. The molecule has 2 atom stereocenters. The third kappa shape index (κ3) is 4.31. The van der Waals surface area contributed by atoms with Crippen LogP contribution >= 0.6 is 11.3 Å². The highest BCUT2D eigenvalue weighted by molar-refractivity contribution is 7.91. The number of nitrogens with zero attached hydrogens (tertiary/aromatic N) is 1. The summed E-state index contributed by atoms with van der Waals surface area (Å²) in [7, 11) is -3.94. The highest BCUT2D eigenvalue weighted by Gasteiger charge is 2.73. The lowest BCUT2D eigenvalue weighted by Crippen LogP contribution is -2.50. The van der Waals surface area contributed by atoms with Crippen LogP contribution in [0.4, 0.5) is 5.00 Å². The van der Waals surface area contributed by atoms with Crippen LogP contribution in [0.15, 0.2) is 46.7 Å². The fraction of sp³-hybridized carbons (Fsp3) is 0.522. The average molecular weight is 479 g/mol. The van der Waals surface area contributed by atoms with Crippen LogP contribution in [0.2, 0.25) is 0 Å². The Morgan fingerprint density at radius 1 is 1.12 bits per heavy atom. The molecular weight excluding hydrogens is 448 g/mol. The Bertz CT molecular complexity index is 1090. The van der Waals surface area contributed by atoms with Crippen LogP contribution < -0.4 is 9.62 Å². The number of ether oxygens (including phenoxy) is 2. The fourth-order valence-electron chi connectivity index (χ4n) is 4.18. The Hall–Kier alpha value is -1.94. The molecule has 1 aromatic carbocycles. The van der Waals surface area contributed by atoms with E-state index in [-0.39, 0.29) is 4.21 Å². The van der Waals surface area contributed by atoms with E-state index in [0.717, 1.165) is 23.7 Å². The molecule has 2 aliphatic rings. The largest absolute Gasteiger partial charge is 0.459 e. The van der Waals surface area contributed by atoms with Gasteiger partial charge < -0.3 is 14.4 Å². The van der Waals surface area contributed by atoms with Crippen molar-refractivity contribution >= 4 is 32.3 Å². The smallest absolute Gasteiger partial charge is 0.328 e. The minimum atomic E-state index is -3.94. The lowest BCUT2D eigenvalue weighted by atomic mass is 9.93. The fourth-order valence-corrected chi connectivity index (χ4v) is 6.98. The van der Waals surface area contributed by atoms with Gasteiger partial charge in [0.05, 0.1) is 18.2 Å². The van der Waals surface area contributed by atoms with Crippen molar-refractivity contribution in [3.05, 3.63) is 48.0 Å². The number of thiophene rings is 1. The maximum absolute atomic E-state index is 13.4. The Morgan fingerprint density at radius 3 is 2.41 bits per heavy atom. The molecule has 2 heterocycles. The summed E-state index contributed by atoms with van der Waals surface area (Å²) < 4.78 is 40.8. The Balaban J connectivity index is 1.64. The minimum Gasteiger partial charge on any atom is -0.459 e. The van der Waals surface area contributed by atoms with Crippen LogP contribution in [0.25, 0.3) is 0 Å². The van der Waals surface area contributed by atoms with Gasteiger partial charge in [-0.3, -0.25) is 0 Å². The maximum Gasteiger partial charge on any atom is 0.328 e. The van der Waals surface area contributed by atoms with Gasteiger partial charge in [-0.2, -0.15) is 4.72 Å². The molecule has 1 N–H and O–H groups in total. The van der Waals surface area contributed by atoms with Crippen molar-refractivity contribution in [1.82, 2.24) is 4.72 Å². The summed E-state index contributed by atoms with van der Waals surface area (Å²) in [5.74, 6) is -0.551. The van der Waals surface area contributed by atoms with Crippen LogP contribution in [0, 0.1) is 0 Å². The first-order valence-electron chi connectivity index (χ1n) is 10.7. The van der Waals surface area contributed by atoms with E-state index in [0.29, 0.717) is 19.6 Å². The summed E-state index contributed by atoms with van der Waals surface area (Å²) in [5.41, 5.74) is -1.89. The van der Waals surface area contributed by atoms with Gasteiger partial charge in [0.15, 0.2) is 0 Å². The van der Waals surface area contributed by atoms with E-state index in [1.807, 2.05) is 43.3 Å². The molecular formula is C23H30N2O5S2. The molecule has 0 amide bonds. The van der Waals surface area contributed by atoms with E-state index >= 15 is 0 Å². The van der Waals surface area contributed by atoms with Gasteiger partial charge in [-0.1, -0.05) is 37.3 Å². The van der Waals surface area contributed by atoms with E-state index in [4.69, 9.17) is 9.47 Å². The van der Waals surface area contributed by atoms with E-state index in [2.05, 4.69) is 9.62 Å². The zero-order valence-corrected chi connectivity index (χ0v) is 20.5. The first kappa shape index (κ1) is 23.2. The first-order valence-corrected chi connectivity index (χ1v) is 13.0. The number of hydrogen-bond acceptors (Lipinski definition) is 7. The number of benzene rings is 1. The molecule has 9 heteroatoms. The molecule has 32 heavy (non-hydrogen) atoms. The van der Waals surface area contributed by atoms with Crippen molar-refractivity contribution in [2.45, 2.75) is 54.9 Å². The monoisotopic (exact) mass is 478 g/mol. The molecule has 1 aliphatic heterocycles. The molecule has 174 valence electrons. The molecule has 4 rings (SSSR count). The highest BCUT2D eigenvalue weighted by atomic mass is 32.2. The van der Waals surface area contributed by atoms with E-state index in [1.54, 1.807) is 26.8 Å². The number of rotatable bonds is 6. The quantitative estimate of drug-likeness (QED) is 0.642. The molecule has 0 spiro atoms. The highest BCUT2D eigenvalue weighted by Crippen LogP contribution is 2.59. The number of nitrogens with one attached hydrogen (secondary N) is 1. The summed E-state index contributed by atoms with van der Waals surface area (Å²) in [6.07, 6.45) is 0.333. The van der Waals surface area contributed by atoms with Crippen LogP contribution in [0.5, 0.6) is 0 Å². The zero-order chi connectivity index (χ0) is 23.2. The van der Waals surface area contributed by atoms with Gasteiger partial charge in [0.25, 0.3) is 10.0 Å². The molecule has 1 saturated heterocycles. The molecule has 7 nitrogen and oxygen atoms in total. The van der Waals surface area contributed by atoms with E-state index in [9.17, 15) is 13.2 Å². The number of hydrogen-bond donors (Lipinski definition) is 1. The second-order valence-electron chi connectivity index (χ2n) is 9.58. The van der Waals surface area contributed by atoms with Crippen LogP contribution in [0.1, 0.15) is 39.7 Å². The molecule has 0 bridgehead atoms.